The molecule has 0 spiro atoms. The van der Waals surface area contributed by atoms with Crippen LogP contribution in [0, 0.1) is 0 Å². The molecular weight excluding hydrogens is 212 g/mol. The Balaban J connectivity index is 1.92. The van der Waals surface area contributed by atoms with Gasteiger partial charge in [-0.1, -0.05) is 6.07 Å². The van der Waals surface area contributed by atoms with Gasteiger partial charge < -0.3 is 9.72 Å². The summed E-state index contributed by atoms with van der Waals surface area (Å²) in [5.74, 6) is 1.14. The Morgan fingerprint density at radius 2 is 2.12 bits per heavy atom. The lowest BCUT2D eigenvalue weighted by Gasteiger charge is -2.32. The van der Waals surface area contributed by atoms with E-state index in [2.05, 4.69) is 50.9 Å². The van der Waals surface area contributed by atoms with Gasteiger partial charge in [-0.2, -0.15) is 0 Å². The number of pyridine rings is 1. The number of nitrogens with one attached hydrogen (secondary N) is 1. The van der Waals surface area contributed by atoms with Crippen molar-refractivity contribution in [2.75, 3.05) is 26.2 Å². The van der Waals surface area contributed by atoms with Crippen LogP contribution in [0.25, 0.3) is 5.52 Å². The molecule has 17 heavy (non-hydrogen) atoms. The average Bonchev–Trinajstić information content (AvgIpc) is 2.83. The second-order valence-corrected chi connectivity index (χ2v) is 4.57. The predicted octanol–water partition coefficient (Wildman–Crippen LogP) is 1.30. The molecule has 0 bridgehead atoms. The summed E-state index contributed by atoms with van der Waals surface area (Å²) in [5.41, 5.74) is 1.17. The van der Waals surface area contributed by atoms with Crippen molar-refractivity contribution in [3.63, 3.8) is 0 Å². The van der Waals surface area contributed by atoms with Gasteiger partial charge in [-0.05, 0) is 19.1 Å². The highest BCUT2D eigenvalue weighted by Crippen LogP contribution is 2.20. The third kappa shape index (κ3) is 1.94. The zero-order chi connectivity index (χ0) is 11.7. The normalized spacial score (nSPS) is 19.6. The van der Waals surface area contributed by atoms with Crippen molar-refractivity contribution in [1.82, 2.24) is 19.6 Å². The number of hydrogen-bond donors (Lipinski definition) is 1. The van der Waals surface area contributed by atoms with Crippen LogP contribution in [0.2, 0.25) is 0 Å². The van der Waals surface area contributed by atoms with Crippen LogP contribution in [-0.4, -0.2) is 40.5 Å². The summed E-state index contributed by atoms with van der Waals surface area (Å²) in [6.07, 6.45) is 4.05. The van der Waals surface area contributed by atoms with Crippen molar-refractivity contribution in [2.45, 2.75) is 13.0 Å². The summed E-state index contributed by atoms with van der Waals surface area (Å²) in [4.78, 5) is 7.06. The maximum absolute atomic E-state index is 4.57. The fraction of sp³-hybridized carbons (Fsp3) is 0.462. The van der Waals surface area contributed by atoms with Crippen molar-refractivity contribution >= 4 is 5.52 Å². The van der Waals surface area contributed by atoms with Gasteiger partial charge in [0, 0.05) is 32.4 Å². The minimum Gasteiger partial charge on any atom is -0.314 e. The van der Waals surface area contributed by atoms with E-state index < -0.39 is 0 Å². The fourth-order valence-electron chi connectivity index (χ4n) is 2.51. The van der Waals surface area contributed by atoms with Crippen molar-refractivity contribution in [3.05, 3.63) is 36.4 Å². The van der Waals surface area contributed by atoms with E-state index in [1.165, 1.54) is 5.52 Å². The molecule has 90 valence electrons. The summed E-state index contributed by atoms with van der Waals surface area (Å²) in [6.45, 7) is 6.60. The molecule has 0 amide bonds. The summed E-state index contributed by atoms with van der Waals surface area (Å²) in [7, 11) is 0. The zero-order valence-corrected chi connectivity index (χ0v) is 10.1. The summed E-state index contributed by atoms with van der Waals surface area (Å²) in [6, 6.07) is 6.59. The van der Waals surface area contributed by atoms with Gasteiger partial charge in [0.1, 0.15) is 5.82 Å². The first kappa shape index (κ1) is 10.7. The Morgan fingerprint density at radius 3 is 2.94 bits per heavy atom. The molecule has 4 nitrogen and oxygen atoms in total. The Hall–Kier alpha value is -1.39. The molecule has 0 saturated carbocycles. The maximum atomic E-state index is 4.57. The molecule has 1 saturated heterocycles. The number of imidazole rings is 1. The van der Waals surface area contributed by atoms with Crippen molar-refractivity contribution in [3.8, 4) is 0 Å². The molecule has 3 rings (SSSR count). The third-order valence-corrected chi connectivity index (χ3v) is 3.54. The second-order valence-electron chi connectivity index (χ2n) is 4.57. The van der Waals surface area contributed by atoms with Gasteiger partial charge in [0.05, 0.1) is 17.8 Å². The molecule has 1 atom stereocenters. The van der Waals surface area contributed by atoms with Crippen molar-refractivity contribution in [1.29, 1.82) is 0 Å². The van der Waals surface area contributed by atoms with Crippen LogP contribution in [0.5, 0.6) is 0 Å². The zero-order valence-electron chi connectivity index (χ0n) is 10.1. The van der Waals surface area contributed by atoms with Crippen LogP contribution in [0.1, 0.15) is 18.8 Å². The highest BCUT2D eigenvalue weighted by molar-refractivity contribution is 5.45. The van der Waals surface area contributed by atoms with Gasteiger partial charge in [0.15, 0.2) is 0 Å². The second kappa shape index (κ2) is 4.47. The third-order valence-electron chi connectivity index (χ3n) is 3.54. The van der Waals surface area contributed by atoms with Gasteiger partial charge >= 0.3 is 0 Å². The number of aromatic nitrogens is 2. The molecule has 1 aliphatic rings. The molecule has 2 aromatic heterocycles. The highest BCUT2D eigenvalue weighted by atomic mass is 15.2. The maximum Gasteiger partial charge on any atom is 0.130 e. The number of fused-ring (bicyclic) bond motifs is 1. The molecule has 0 radical (unpaired) electrons. The summed E-state index contributed by atoms with van der Waals surface area (Å²) in [5, 5.41) is 3.38. The standard InChI is InChI=1S/C13H18N4/c1-11(16-8-5-14-6-9-16)13-15-10-12-4-2-3-7-17(12)13/h2-4,7,10-11,14H,5-6,8-9H2,1H3. The van der Waals surface area contributed by atoms with E-state index >= 15 is 0 Å². The molecule has 1 aliphatic heterocycles. The molecule has 0 aliphatic carbocycles. The predicted molar refractivity (Wildman–Crippen MR) is 68.0 cm³/mol. The smallest absolute Gasteiger partial charge is 0.130 e. The molecule has 1 fully saturated rings. The first-order valence-corrected chi connectivity index (χ1v) is 6.23. The van der Waals surface area contributed by atoms with Crippen LogP contribution < -0.4 is 5.32 Å². The summed E-state index contributed by atoms with van der Waals surface area (Å²) < 4.78 is 2.19. The van der Waals surface area contributed by atoms with E-state index in [-0.39, 0.29) is 0 Å². The quantitative estimate of drug-likeness (QED) is 0.844. The Bertz CT molecular complexity index is 499. The monoisotopic (exact) mass is 230 g/mol. The molecule has 1 unspecified atom stereocenters. The molecule has 1 N–H and O–H groups in total. The fourth-order valence-corrected chi connectivity index (χ4v) is 2.51. The number of hydrogen-bond acceptors (Lipinski definition) is 3. The van der Waals surface area contributed by atoms with Crippen LogP contribution in [0.15, 0.2) is 30.6 Å². The first-order chi connectivity index (χ1) is 8.36. The van der Waals surface area contributed by atoms with Gasteiger partial charge in [0.25, 0.3) is 0 Å². The SMILES string of the molecule is CC(c1ncc2ccccn12)N1CCNCC1. The van der Waals surface area contributed by atoms with E-state index in [4.69, 9.17) is 0 Å². The largest absolute Gasteiger partial charge is 0.314 e. The minimum absolute atomic E-state index is 0.377. The van der Waals surface area contributed by atoms with Crippen LogP contribution in [-0.2, 0) is 0 Å². The van der Waals surface area contributed by atoms with E-state index in [0.29, 0.717) is 6.04 Å². The lowest BCUT2D eigenvalue weighted by molar-refractivity contribution is 0.179. The average molecular weight is 230 g/mol. The summed E-state index contributed by atoms with van der Waals surface area (Å²) >= 11 is 0. The molecule has 3 heterocycles. The van der Waals surface area contributed by atoms with E-state index in [0.717, 1.165) is 32.0 Å². The van der Waals surface area contributed by atoms with Gasteiger partial charge in [0.2, 0.25) is 0 Å². The van der Waals surface area contributed by atoms with E-state index in [1.807, 2.05) is 6.20 Å². The first-order valence-electron chi connectivity index (χ1n) is 6.23. The van der Waals surface area contributed by atoms with Crippen molar-refractivity contribution < 1.29 is 0 Å². The number of rotatable bonds is 2. The van der Waals surface area contributed by atoms with Crippen molar-refractivity contribution in [2.24, 2.45) is 0 Å². The lowest BCUT2D eigenvalue weighted by atomic mass is 10.2. The van der Waals surface area contributed by atoms with Gasteiger partial charge in [-0.15, -0.1) is 0 Å². The van der Waals surface area contributed by atoms with Crippen LogP contribution >= 0.6 is 0 Å². The topological polar surface area (TPSA) is 32.6 Å². The number of nitrogens with zero attached hydrogens (tertiary/aromatic N) is 3. The Morgan fingerprint density at radius 1 is 1.29 bits per heavy atom. The van der Waals surface area contributed by atoms with Gasteiger partial charge in [-0.25, -0.2) is 4.98 Å². The lowest BCUT2D eigenvalue weighted by Crippen LogP contribution is -2.44. The molecule has 0 aromatic carbocycles. The van der Waals surface area contributed by atoms with Gasteiger partial charge in [-0.3, -0.25) is 4.90 Å². The molecule has 4 heteroatoms. The Labute approximate surface area is 101 Å². The van der Waals surface area contributed by atoms with Crippen LogP contribution in [0.4, 0.5) is 0 Å². The highest BCUT2D eigenvalue weighted by Gasteiger charge is 2.21. The minimum atomic E-state index is 0.377. The van der Waals surface area contributed by atoms with E-state index in [9.17, 15) is 0 Å². The molecular formula is C13H18N4. The Kier molecular flexibility index (Phi) is 2.82. The number of piperazine rings is 1. The van der Waals surface area contributed by atoms with Crippen LogP contribution in [0.3, 0.4) is 0 Å². The van der Waals surface area contributed by atoms with E-state index in [1.54, 1.807) is 0 Å². The molecule has 2 aromatic rings.